The van der Waals surface area contributed by atoms with Gasteiger partial charge in [0.1, 0.15) is 11.6 Å². The van der Waals surface area contributed by atoms with Crippen molar-refractivity contribution in [3.05, 3.63) is 105 Å². The number of carbonyl (C=O) groups excluding carboxylic acids is 1. The third-order valence-corrected chi connectivity index (χ3v) is 6.80. The van der Waals surface area contributed by atoms with Crippen LogP contribution in [-0.4, -0.2) is 23.9 Å². The Morgan fingerprint density at radius 3 is 1.83 bits per heavy atom. The van der Waals surface area contributed by atoms with Crippen LogP contribution in [-0.2, 0) is 4.79 Å². The van der Waals surface area contributed by atoms with E-state index in [2.05, 4.69) is 10.2 Å². The van der Waals surface area contributed by atoms with Gasteiger partial charge in [0.05, 0.1) is 12.1 Å². The van der Waals surface area contributed by atoms with E-state index in [-0.39, 0.29) is 23.8 Å². The van der Waals surface area contributed by atoms with E-state index in [9.17, 15) is 13.6 Å². The van der Waals surface area contributed by atoms with Crippen molar-refractivity contribution in [3.63, 3.8) is 0 Å². The van der Waals surface area contributed by atoms with Gasteiger partial charge in [0, 0.05) is 41.5 Å². The maximum Gasteiger partial charge on any atom is 0.220 e. The molecule has 0 bridgehead atoms. The number of rotatable bonds is 8. The highest BCUT2D eigenvalue weighted by molar-refractivity contribution is 6.30. The molecule has 0 radical (unpaired) electrons. The monoisotopic (exact) mass is 516 g/mol. The molecule has 7 heteroatoms. The summed E-state index contributed by atoms with van der Waals surface area (Å²) in [6, 6.07) is 18.4. The van der Waals surface area contributed by atoms with Crippen LogP contribution >= 0.6 is 23.2 Å². The number of likely N-dealkylation sites (tertiary alicyclic amines) is 1. The van der Waals surface area contributed by atoms with Crippen molar-refractivity contribution in [3.8, 4) is 0 Å². The van der Waals surface area contributed by atoms with Gasteiger partial charge >= 0.3 is 0 Å². The topological polar surface area (TPSA) is 32.3 Å². The van der Waals surface area contributed by atoms with Gasteiger partial charge in [-0.1, -0.05) is 61.3 Å². The highest BCUT2D eigenvalue weighted by Gasteiger charge is 2.39. The first-order chi connectivity index (χ1) is 16.7. The lowest BCUT2D eigenvalue weighted by atomic mass is 9.83. The van der Waals surface area contributed by atoms with Gasteiger partial charge < -0.3 is 5.32 Å². The molecule has 1 heterocycles. The van der Waals surface area contributed by atoms with Crippen LogP contribution in [0.5, 0.6) is 0 Å². The fourth-order valence-electron chi connectivity index (χ4n) is 4.71. The zero-order chi connectivity index (χ0) is 25.1. The van der Waals surface area contributed by atoms with Gasteiger partial charge in [-0.15, -0.1) is 0 Å². The number of nitrogens with one attached hydrogen (secondary N) is 1. The Bertz CT molecular complexity index is 1100. The Morgan fingerprint density at radius 2 is 1.37 bits per heavy atom. The van der Waals surface area contributed by atoms with E-state index in [1.54, 1.807) is 0 Å². The van der Waals surface area contributed by atoms with Crippen molar-refractivity contribution in [1.29, 1.82) is 0 Å². The van der Waals surface area contributed by atoms with Crippen molar-refractivity contribution < 1.29 is 13.6 Å². The van der Waals surface area contributed by atoms with Crippen LogP contribution in [0, 0.1) is 23.5 Å². The molecule has 3 aromatic carbocycles. The molecule has 1 fully saturated rings. The molecule has 1 aliphatic rings. The molecule has 184 valence electrons. The first-order valence-electron chi connectivity index (χ1n) is 11.7. The number of hydrogen-bond donors (Lipinski definition) is 1. The van der Waals surface area contributed by atoms with Crippen LogP contribution in [0.2, 0.25) is 10.0 Å². The fourth-order valence-corrected chi connectivity index (χ4v) is 4.96. The third-order valence-electron chi connectivity index (χ3n) is 6.30. The largest absolute Gasteiger partial charge is 0.349 e. The van der Waals surface area contributed by atoms with E-state index in [1.165, 1.54) is 12.1 Å². The quantitative estimate of drug-likeness (QED) is 0.343. The molecular weight excluding hydrogens is 489 g/mol. The molecule has 3 nitrogen and oxygen atoms in total. The number of halogens is 4. The Balaban J connectivity index is 1.60. The van der Waals surface area contributed by atoms with Gasteiger partial charge in [-0.25, -0.2) is 8.78 Å². The minimum atomic E-state index is -0.653. The van der Waals surface area contributed by atoms with E-state index in [0.29, 0.717) is 35.1 Å². The molecule has 35 heavy (non-hydrogen) atoms. The molecule has 1 N–H and O–H groups in total. The second-order valence-corrected chi connectivity index (χ2v) is 10.4. The van der Waals surface area contributed by atoms with Crippen molar-refractivity contribution in [2.24, 2.45) is 11.8 Å². The summed E-state index contributed by atoms with van der Waals surface area (Å²) in [6.45, 7) is 5.20. The number of benzene rings is 3. The van der Waals surface area contributed by atoms with Crippen molar-refractivity contribution in [1.82, 2.24) is 10.2 Å². The minimum Gasteiger partial charge on any atom is -0.349 e. The smallest absolute Gasteiger partial charge is 0.220 e. The summed E-state index contributed by atoms with van der Waals surface area (Å²) in [4.78, 5) is 14.9. The second-order valence-electron chi connectivity index (χ2n) is 9.57. The zero-order valence-electron chi connectivity index (χ0n) is 19.6. The number of hydrogen-bond acceptors (Lipinski definition) is 2. The van der Waals surface area contributed by atoms with Crippen LogP contribution in [0.4, 0.5) is 8.78 Å². The van der Waals surface area contributed by atoms with Crippen LogP contribution < -0.4 is 5.32 Å². The Hall–Kier alpha value is -2.47. The van der Waals surface area contributed by atoms with Crippen LogP contribution in [0.3, 0.4) is 0 Å². The van der Waals surface area contributed by atoms with Gasteiger partial charge in [0.2, 0.25) is 5.91 Å². The lowest BCUT2D eigenvalue weighted by molar-refractivity contribution is -0.123. The summed E-state index contributed by atoms with van der Waals surface area (Å²) in [5, 5.41) is 4.36. The summed E-state index contributed by atoms with van der Waals surface area (Å²) in [5.74, 6) is -1.26. The number of nitrogens with zero attached hydrogens (tertiary/aromatic N) is 1. The van der Waals surface area contributed by atoms with Crippen molar-refractivity contribution in [2.45, 2.75) is 32.4 Å². The molecule has 0 saturated carbocycles. The highest BCUT2D eigenvalue weighted by Crippen LogP contribution is 2.39. The summed E-state index contributed by atoms with van der Waals surface area (Å²) < 4.78 is 28.1. The van der Waals surface area contributed by atoms with E-state index in [0.717, 1.165) is 17.2 Å². The minimum absolute atomic E-state index is 0.00517. The second kappa shape index (κ2) is 11.1. The summed E-state index contributed by atoms with van der Waals surface area (Å²) in [6.07, 6.45) is 0.350. The summed E-state index contributed by atoms with van der Waals surface area (Å²) in [7, 11) is 0. The molecule has 0 aliphatic carbocycles. The van der Waals surface area contributed by atoms with Crippen molar-refractivity contribution >= 4 is 29.1 Å². The molecule has 1 saturated heterocycles. The lowest BCUT2D eigenvalue weighted by Crippen LogP contribution is -2.54. The predicted molar refractivity (Wildman–Crippen MR) is 137 cm³/mol. The maximum absolute atomic E-state index is 14.0. The Labute approximate surface area is 215 Å². The summed E-state index contributed by atoms with van der Waals surface area (Å²) >= 11 is 12.2. The Morgan fingerprint density at radius 1 is 0.886 bits per heavy atom. The van der Waals surface area contributed by atoms with E-state index < -0.39 is 17.7 Å². The first-order valence-corrected chi connectivity index (χ1v) is 12.5. The van der Waals surface area contributed by atoms with Crippen LogP contribution in [0.1, 0.15) is 49.0 Å². The molecule has 1 aliphatic heterocycles. The average molecular weight is 517 g/mol. The van der Waals surface area contributed by atoms with E-state index in [1.807, 2.05) is 62.4 Å². The molecule has 3 aromatic rings. The molecule has 0 spiro atoms. The van der Waals surface area contributed by atoms with Gasteiger partial charge in [0.15, 0.2) is 0 Å². The van der Waals surface area contributed by atoms with E-state index >= 15 is 0 Å². The normalized spacial score (nSPS) is 15.3. The SMILES string of the molecule is CC(C)CC(=O)NC(c1cc(F)cc(F)c1)C1CN(C(c2ccc(Cl)cc2)c2ccc(Cl)cc2)C1. The summed E-state index contributed by atoms with van der Waals surface area (Å²) in [5.41, 5.74) is 2.60. The van der Waals surface area contributed by atoms with E-state index in [4.69, 9.17) is 23.2 Å². The van der Waals surface area contributed by atoms with Crippen LogP contribution in [0.15, 0.2) is 66.7 Å². The number of amides is 1. The predicted octanol–water partition coefficient (Wildman–Crippen LogP) is 7.20. The standard InChI is InChI=1S/C28H28Cl2F2N2O/c1-17(2)11-26(35)33-27(20-12-24(31)14-25(32)13-20)21-15-34(16-21)28(18-3-7-22(29)8-4-18)19-5-9-23(30)10-6-19/h3-10,12-14,17,21,27-28H,11,15-16H2,1-2H3,(H,33,35). The van der Waals surface area contributed by atoms with Crippen LogP contribution in [0.25, 0.3) is 0 Å². The van der Waals surface area contributed by atoms with Gasteiger partial charge in [-0.05, 0) is 59.0 Å². The molecular formula is C28H28Cl2F2N2O. The van der Waals surface area contributed by atoms with Gasteiger partial charge in [-0.3, -0.25) is 9.69 Å². The zero-order valence-corrected chi connectivity index (χ0v) is 21.2. The Kier molecular flexibility index (Phi) is 8.10. The maximum atomic E-state index is 14.0. The molecule has 0 aromatic heterocycles. The van der Waals surface area contributed by atoms with Gasteiger partial charge in [-0.2, -0.15) is 0 Å². The first kappa shape index (κ1) is 25.6. The molecule has 1 unspecified atom stereocenters. The number of carbonyl (C=O) groups is 1. The van der Waals surface area contributed by atoms with Gasteiger partial charge in [0.25, 0.3) is 0 Å². The van der Waals surface area contributed by atoms with Crippen molar-refractivity contribution in [2.75, 3.05) is 13.1 Å². The molecule has 1 atom stereocenters. The highest BCUT2D eigenvalue weighted by atomic mass is 35.5. The lowest BCUT2D eigenvalue weighted by Gasteiger charge is -2.48. The average Bonchev–Trinajstić information content (AvgIpc) is 2.75. The molecule has 1 amide bonds. The molecule has 4 rings (SSSR count). The third kappa shape index (κ3) is 6.40. The fraction of sp³-hybridized carbons (Fsp3) is 0.321.